The van der Waals surface area contributed by atoms with Crippen LogP contribution in [0.3, 0.4) is 0 Å². The maximum absolute atomic E-state index is 9.91. The zero-order valence-electron chi connectivity index (χ0n) is 9.94. The summed E-state index contributed by atoms with van der Waals surface area (Å²) in [6.45, 7) is 4.08. The van der Waals surface area contributed by atoms with Gasteiger partial charge in [0.25, 0.3) is 0 Å². The Hall–Kier alpha value is -1.47. The minimum absolute atomic E-state index is 0.196. The first kappa shape index (κ1) is 12.0. The van der Waals surface area contributed by atoms with Crippen molar-refractivity contribution in [3.63, 3.8) is 0 Å². The number of phenols is 1. The summed E-state index contributed by atoms with van der Waals surface area (Å²) >= 11 is 6.06. The molecule has 0 bridgehead atoms. The van der Waals surface area contributed by atoms with E-state index < -0.39 is 0 Å². The molecule has 0 unspecified atom stereocenters. The van der Waals surface area contributed by atoms with E-state index in [-0.39, 0.29) is 11.7 Å². The molecule has 0 atom stereocenters. The quantitative estimate of drug-likeness (QED) is 0.804. The van der Waals surface area contributed by atoms with Crippen LogP contribution in [0.5, 0.6) is 5.75 Å². The third kappa shape index (κ3) is 2.45. The Labute approximate surface area is 107 Å². The molecule has 1 N–H and O–H groups in total. The van der Waals surface area contributed by atoms with Crippen molar-refractivity contribution in [2.75, 3.05) is 0 Å². The Morgan fingerprint density at radius 2 is 1.65 bits per heavy atom. The Balaban J connectivity index is 2.57. The summed E-state index contributed by atoms with van der Waals surface area (Å²) in [5.41, 5.74) is 3.03. The average Bonchev–Trinajstić information content (AvgIpc) is 2.33. The lowest BCUT2D eigenvalue weighted by Crippen LogP contribution is -1.90. The molecule has 1 nitrogen and oxygen atoms in total. The molecule has 0 amide bonds. The summed E-state index contributed by atoms with van der Waals surface area (Å²) in [6, 6.07) is 13.8. The first-order chi connectivity index (χ1) is 8.09. The topological polar surface area (TPSA) is 20.2 Å². The summed E-state index contributed by atoms with van der Waals surface area (Å²) in [4.78, 5) is 0. The second kappa shape index (κ2) is 4.80. The highest BCUT2D eigenvalue weighted by Crippen LogP contribution is 2.36. The van der Waals surface area contributed by atoms with Crippen LogP contribution in [0.15, 0.2) is 42.5 Å². The van der Waals surface area contributed by atoms with E-state index in [1.807, 2.05) is 50.2 Å². The molecule has 0 aliphatic heterocycles. The maximum atomic E-state index is 9.91. The third-order valence-corrected chi connectivity index (χ3v) is 3.11. The number of halogens is 1. The van der Waals surface area contributed by atoms with Gasteiger partial charge in [0.15, 0.2) is 0 Å². The van der Waals surface area contributed by atoms with Crippen LogP contribution < -0.4 is 0 Å². The Bertz CT molecular complexity index is 518. The maximum Gasteiger partial charge on any atom is 0.137 e. The van der Waals surface area contributed by atoms with Crippen molar-refractivity contribution in [3.05, 3.63) is 53.1 Å². The van der Waals surface area contributed by atoms with Gasteiger partial charge in [-0.2, -0.15) is 0 Å². The molecule has 0 aliphatic carbocycles. The molecule has 0 saturated carbocycles. The number of hydrogen-bond donors (Lipinski definition) is 1. The highest BCUT2D eigenvalue weighted by Gasteiger charge is 2.12. The lowest BCUT2D eigenvalue weighted by Gasteiger charge is -2.12. The van der Waals surface area contributed by atoms with E-state index in [4.69, 9.17) is 11.6 Å². The highest BCUT2D eigenvalue weighted by atomic mass is 35.5. The summed E-state index contributed by atoms with van der Waals surface area (Å²) < 4.78 is 0. The molecule has 0 fully saturated rings. The van der Waals surface area contributed by atoms with Gasteiger partial charge < -0.3 is 5.11 Å². The smallest absolute Gasteiger partial charge is 0.137 e. The molecular weight excluding hydrogens is 232 g/mol. The van der Waals surface area contributed by atoms with Crippen molar-refractivity contribution in [2.24, 2.45) is 0 Å². The third-order valence-electron chi connectivity index (χ3n) is 2.82. The van der Waals surface area contributed by atoms with Crippen LogP contribution in [0.25, 0.3) is 11.1 Å². The van der Waals surface area contributed by atoms with Crippen LogP contribution in [-0.2, 0) is 0 Å². The van der Waals surface area contributed by atoms with Gasteiger partial charge in [-0.05, 0) is 34.7 Å². The molecule has 0 heterocycles. The fourth-order valence-corrected chi connectivity index (χ4v) is 2.08. The largest absolute Gasteiger partial charge is 0.506 e. The van der Waals surface area contributed by atoms with E-state index >= 15 is 0 Å². The van der Waals surface area contributed by atoms with E-state index in [9.17, 15) is 5.11 Å². The molecule has 0 spiro atoms. The minimum atomic E-state index is 0.196. The lowest BCUT2D eigenvalue weighted by atomic mass is 9.96. The SMILES string of the molecule is CC(C)c1cc(-c2ccccc2)cc(Cl)c1O. The Morgan fingerprint density at radius 1 is 1.00 bits per heavy atom. The van der Waals surface area contributed by atoms with Gasteiger partial charge in [0, 0.05) is 0 Å². The minimum Gasteiger partial charge on any atom is -0.506 e. The zero-order valence-corrected chi connectivity index (χ0v) is 10.7. The van der Waals surface area contributed by atoms with Crippen LogP contribution >= 0.6 is 11.6 Å². The zero-order chi connectivity index (χ0) is 12.4. The highest BCUT2D eigenvalue weighted by molar-refractivity contribution is 6.32. The Morgan fingerprint density at radius 3 is 2.24 bits per heavy atom. The van der Waals surface area contributed by atoms with Gasteiger partial charge >= 0.3 is 0 Å². The van der Waals surface area contributed by atoms with Crippen molar-refractivity contribution in [1.29, 1.82) is 0 Å². The fourth-order valence-electron chi connectivity index (χ4n) is 1.86. The normalized spacial score (nSPS) is 10.8. The predicted octanol–water partition coefficient (Wildman–Crippen LogP) is 4.84. The number of rotatable bonds is 2. The van der Waals surface area contributed by atoms with E-state index in [0.29, 0.717) is 5.02 Å². The predicted molar refractivity (Wildman–Crippen MR) is 72.6 cm³/mol. The molecule has 2 aromatic rings. The molecule has 17 heavy (non-hydrogen) atoms. The van der Waals surface area contributed by atoms with Gasteiger partial charge in [0.05, 0.1) is 5.02 Å². The van der Waals surface area contributed by atoms with E-state index in [2.05, 4.69) is 0 Å². The van der Waals surface area contributed by atoms with Crippen molar-refractivity contribution in [3.8, 4) is 16.9 Å². The number of aromatic hydroxyl groups is 1. The first-order valence-electron chi connectivity index (χ1n) is 5.67. The standard InChI is InChI=1S/C15H15ClO/c1-10(2)13-8-12(9-14(16)15(13)17)11-6-4-3-5-7-11/h3-10,17H,1-2H3. The van der Waals surface area contributed by atoms with E-state index in [1.54, 1.807) is 6.07 Å². The summed E-state index contributed by atoms with van der Waals surface area (Å²) in [6.07, 6.45) is 0. The monoisotopic (exact) mass is 246 g/mol. The van der Waals surface area contributed by atoms with Gasteiger partial charge in [-0.15, -0.1) is 0 Å². The van der Waals surface area contributed by atoms with E-state index in [0.717, 1.165) is 16.7 Å². The van der Waals surface area contributed by atoms with Gasteiger partial charge in [-0.25, -0.2) is 0 Å². The van der Waals surface area contributed by atoms with Crippen molar-refractivity contribution in [2.45, 2.75) is 19.8 Å². The molecule has 0 saturated heterocycles. The Kier molecular flexibility index (Phi) is 3.39. The van der Waals surface area contributed by atoms with Crippen molar-refractivity contribution >= 4 is 11.6 Å². The van der Waals surface area contributed by atoms with Crippen LogP contribution in [0.1, 0.15) is 25.3 Å². The van der Waals surface area contributed by atoms with E-state index in [1.165, 1.54) is 0 Å². The summed E-state index contributed by atoms with van der Waals surface area (Å²) in [5, 5.41) is 10.3. The summed E-state index contributed by atoms with van der Waals surface area (Å²) in [7, 11) is 0. The number of phenolic OH excluding ortho intramolecular Hbond substituents is 1. The number of hydrogen-bond acceptors (Lipinski definition) is 1. The van der Waals surface area contributed by atoms with Crippen LogP contribution in [-0.4, -0.2) is 5.11 Å². The summed E-state index contributed by atoms with van der Waals surface area (Å²) in [5.74, 6) is 0.442. The van der Waals surface area contributed by atoms with Crippen LogP contribution in [0, 0.1) is 0 Å². The molecule has 88 valence electrons. The molecular formula is C15H15ClO. The van der Waals surface area contributed by atoms with Gasteiger partial charge in [0.1, 0.15) is 5.75 Å². The fraction of sp³-hybridized carbons (Fsp3) is 0.200. The van der Waals surface area contributed by atoms with Crippen LogP contribution in [0.2, 0.25) is 5.02 Å². The lowest BCUT2D eigenvalue weighted by molar-refractivity contribution is 0.465. The second-order valence-electron chi connectivity index (χ2n) is 4.42. The van der Waals surface area contributed by atoms with Crippen molar-refractivity contribution < 1.29 is 5.11 Å². The second-order valence-corrected chi connectivity index (χ2v) is 4.82. The van der Waals surface area contributed by atoms with Crippen molar-refractivity contribution in [1.82, 2.24) is 0 Å². The van der Waals surface area contributed by atoms with Gasteiger partial charge in [0.2, 0.25) is 0 Å². The molecule has 2 heteroatoms. The van der Waals surface area contributed by atoms with Crippen LogP contribution in [0.4, 0.5) is 0 Å². The molecule has 0 aromatic heterocycles. The van der Waals surface area contributed by atoms with Gasteiger partial charge in [-0.3, -0.25) is 0 Å². The van der Waals surface area contributed by atoms with Gasteiger partial charge in [-0.1, -0.05) is 55.8 Å². The number of benzene rings is 2. The molecule has 0 radical (unpaired) electrons. The molecule has 2 aromatic carbocycles. The molecule has 0 aliphatic rings. The first-order valence-corrected chi connectivity index (χ1v) is 6.05. The molecule has 2 rings (SSSR count). The average molecular weight is 247 g/mol.